The molecule has 1 aliphatic carbocycles. The molecule has 0 spiro atoms. The van der Waals surface area contributed by atoms with Crippen LogP contribution in [0.4, 0.5) is 0 Å². The van der Waals surface area contributed by atoms with Gasteiger partial charge in [0, 0.05) is 56.3 Å². The molecule has 2 atom stereocenters. The van der Waals surface area contributed by atoms with Gasteiger partial charge in [0.2, 0.25) is 0 Å². The van der Waals surface area contributed by atoms with E-state index in [1.165, 1.54) is 34.7 Å². The molecule has 1 aromatic carbocycles. The smallest absolute Gasteiger partial charge is 0.0967 e. The molecule has 0 radical (unpaired) electrons. The van der Waals surface area contributed by atoms with Crippen molar-refractivity contribution in [1.82, 2.24) is 9.97 Å². The van der Waals surface area contributed by atoms with Crippen LogP contribution in [-0.2, 0) is 21.1 Å². The van der Waals surface area contributed by atoms with E-state index in [0.717, 1.165) is 23.9 Å². The Kier molecular flexibility index (Phi) is 7.06. The van der Waals surface area contributed by atoms with Crippen LogP contribution in [0.2, 0.25) is 0 Å². The van der Waals surface area contributed by atoms with E-state index >= 15 is 0 Å². The molecule has 4 rings (SSSR count). The van der Waals surface area contributed by atoms with E-state index in [-0.39, 0.29) is 33.1 Å². The molecule has 5 heteroatoms. The third-order valence-corrected chi connectivity index (χ3v) is 5.09. The fourth-order valence-electron chi connectivity index (χ4n) is 3.39. The average Bonchev–Trinajstić information content (AvgIpc) is 2.63. The summed E-state index contributed by atoms with van der Waals surface area (Å²) in [6.07, 6.45) is 8.45. The van der Waals surface area contributed by atoms with Gasteiger partial charge in [-0.15, -0.1) is 0 Å². The van der Waals surface area contributed by atoms with Crippen LogP contribution >= 0.6 is 0 Å². The largest absolute Gasteiger partial charge is 0.326 e. The summed E-state index contributed by atoms with van der Waals surface area (Å²) in [7, 11) is 0. The maximum atomic E-state index is 5.65. The van der Waals surface area contributed by atoms with Crippen LogP contribution in [0.25, 0.3) is 21.8 Å². The minimum atomic E-state index is 0. The summed E-state index contributed by atoms with van der Waals surface area (Å²) in [6, 6.07) is 8.73. The molecule has 4 nitrogen and oxygen atoms in total. The van der Waals surface area contributed by atoms with Crippen LogP contribution < -0.4 is 11.5 Å². The van der Waals surface area contributed by atoms with Gasteiger partial charge >= 0.3 is 0 Å². The van der Waals surface area contributed by atoms with Crippen LogP contribution in [0.5, 0.6) is 0 Å². The quantitative estimate of drug-likeness (QED) is 0.447. The van der Waals surface area contributed by atoms with Gasteiger partial charge in [0.25, 0.3) is 0 Å². The van der Waals surface area contributed by atoms with Crippen molar-refractivity contribution >= 4 is 21.8 Å². The van der Waals surface area contributed by atoms with Crippen LogP contribution in [0.3, 0.4) is 0 Å². The van der Waals surface area contributed by atoms with E-state index in [0.29, 0.717) is 0 Å². The Balaban J connectivity index is 0.000000214. The van der Waals surface area contributed by atoms with Crippen molar-refractivity contribution in [1.29, 1.82) is 0 Å². The summed E-state index contributed by atoms with van der Waals surface area (Å²) in [5, 5.41) is 2.40. The van der Waals surface area contributed by atoms with Gasteiger partial charge in [0.15, 0.2) is 0 Å². The molecule has 0 unspecified atom stereocenters. The number of nitrogens with zero attached hydrogens (tertiary/aromatic N) is 2. The molecule has 1 aliphatic rings. The second-order valence-electron chi connectivity index (χ2n) is 6.66. The molecule has 25 heavy (non-hydrogen) atoms. The molecule has 1 fully saturated rings. The molecule has 4 N–H and O–H groups in total. The summed E-state index contributed by atoms with van der Waals surface area (Å²) >= 11 is 0. The van der Waals surface area contributed by atoms with Crippen molar-refractivity contribution in [2.75, 3.05) is 0 Å². The second-order valence-corrected chi connectivity index (χ2v) is 6.66. The van der Waals surface area contributed by atoms with Gasteiger partial charge in [-0.2, -0.15) is 0 Å². The summed E-state index contributed by atoms with van der Waals surface area (Å²) in [5.74, 6) is 0. The summed E-state index contributed by atoms with van der Waals surface area (Å²) in [6.45, 7) is 4.29. The molecule has 136 valence electrons. The molecule has 0 bridgehead atoms. The average molecular weight is 518 g/mol. The van der Waals surface area contributed by atoms with E-state index in [4.69, 9.17) is 11.5 Å². The van der Waals surface area contributed by atoms with Crippen molar-refractivity contribution in [2.24, 2.45) is 11.5 Å². The first-order valence-corrected chi connectivity index (χ1v) is 8.69. The Morgan fingerprint density at radius 3 is 1.56 bits per heavy atom. The molecule has 0 saturated heterocycles. The van der Waals surface area contributed by atoms with Gasteiger partial charge in [-0.3, -0.25) is 9.97 Å². The van der Waals surface area contributed by atoms with Gasteiger partial charge in [0.05, 0.1) is 11.0 Å². The van der Waals surface area contributed by atoms with Gasteiger partial charge < -0.3 is 11.5 Å². The summed E-state index contributed by atoms with van der Waals surface area (Å²) < 4.78 is 0. The van der Waals surface area contributed by atoms with Crippen molar-refractivity contribution in [3.8, 4) is 0 Å². The number of aryl methyl sites for hydroxylation is 2. The zero-order chi connectivity index (χ0) is 17.1. The number of hydrogen-bond donors (Lipinski definition) is 2. The van der Waals surface area contributed by atoms with E-state index < -0.39 is 0 Å². The van der Waals surface area contributed by atoms with Crippen LogP contribution in [-0.4, -0.2) is 22.1 Å². The third kappa shape index (κ3) is 4.25. The first-order chi connectivity index (χ1) is 11.6. The minimum absolute atomic E-state index is 0. The summed E-state index contributed by atoms with van der Waals surface area (Å²) in [4.78, 5) is 8.90. The van der Waals surface area contributed by atoms with Gasteiger partial charge in [0.1, 0.15) is 0 Å². The van der Waals surface area contributed by atoms with Crippen molar-refractivity contribution in [2.45, 2.75) is 51.6 Å². The van der Waals surface area contributed by atoms with E-state index in [1.54, 1.807) is 0 Å². The third-order valence-electron chi connectivity index (χ3n) is 5.09. The molecule has 0 amide bonds. The molecule has 2 aromatic heterocycles. The maximum Gasteiger partial charge on any atom is 0.0967 e. The number of rotatable bonds is 0. The van der Waals surface area contributed by atoms with Crippen LogP contribution in [0, 0.1) is 13.8 Å². The molecular formula is C20H26N4Pt. The standard InChI is InChI=1S/C14H12N2.C6H14N2.Pt/c1-9-10(2)12-6-4-8-16-14(12)13-11(9)5-3-7-15-13;7-5-3-1-2-4-6(5)8;/h3-8H,1-2H3;5-6H,1-4,7-8H2;/t;5-,6-;/m.0./s1. The fraction of sp³-hybridized carbons (Fsp3) is 0.400. The van der Waals surface area contributed by atoms with Gasteiger partial charge in [-0.25, -0.2) is 0 Å². The van der Waals surface area contributed by atoms with Gasteiger partial charge in [-0.1, -0.05) is 25.0 Å². The first kappa shape index (κ1) is 20.0. The molecule has 1 saturated carbocycles. The predicted molar refractivity (Wildman–Crippen MR) is 101 cm³/mol. The Morgan fingerprint density at radius 1 is 0.800 bits per heavy atom. The zero-order valence-electron chi connectivity index (χ0n) is 14.8. The Hall–Kier alpha value is -1.35. The number of nitrogens with two attached hydrogens (primary N) is 2. The number of pyridine rings is 2. The van der Waals surface area contributed by atoms with E-state index in [9.17, 15) is 0 Å². The van der Waals surface area contributed by atoms with Crippen molar-refractivity contribution in [3.63, 3.8) is 0 Å². The number of benzene rings is 1. The topological polar surface area (TPSA) is 77.8 Å². The van der Waals surface area contributed by atoms with E-state index in [2.05, 4.69) is 35.9 Å². The second kappa shape index (κ2) is 8.84. The molecule has 3 aromatic rings. The number of hydrogen-bond acceptors (Lipinski definition) is 4. The fourth-order valence-corrected chi connectivity index (χ4v) is 3.39. The predicted octanol–water partition coefficient (Wildman–Crippen LogP) is 3.61. The first-order valence-electron chi connectivity index (χ1n) is 8.69. The Morgan fingerprint density at radius 2 is 1.20 bits per heavy atom. The SMILES string of the molecule is Cc1c(C)c2cccnc2c2ncccc12.N[C@H]1CCCC[C@@H]1N.[Pt]. The summed E-state index contributed by atoms with van der Waals surface area (Å²) in [5.41, 5.74) is 15.9. The molecule has 0 aliphatic heterocycles. The minimum Gasteiger partial charge on any atom is -0.326 e. The molecule has 2 heterocycles. The molecular weight excluding hydrogens is 491 g/mol. The number of fused-ring (bicyclic) bond motifs is 3. The van der Waals surface area contributed by atoms with Crippen molar-refractivity contribution in [3.05, 3.63) is 47.8 Å². The normalized spacial score (nSPS) is 19.8. The Bertz CT molecular complexity index is 779. The van der Waals surface area contributed by atoms with E-state index in [1.807, 2.05) is 24.5 Å². The van der Waals surface area contributed by atoms with Crippen LogP contribution in [0.15, 0.2) is 36.7 Å². The Labute approximate surface area is 163 Å². The van der Waals surface area contributed by atoms with Crippen molar-refractivity contribution < 1.29 is 21.1 Å². The van der Waals surface area contributed by atoms with Crippen LogP contribution in [0.1, 0.15) is 36.8 Å². The maximum absolute atomic E-state index is 5.65. The van der Waals surface area contributed by atoms with Gasteiger partial charge in [-0.05, 0) is 49.9 Å². The zero-order valence-corrected chi connectivity index (χ0v) is 17.1. The number of aromatic nitrogens is 2. The monoisotopic (exact) mass is 517 g/mol.